The molecule has 0 saturated carbocycles. The van der Waals surface area contributed by atoms with Crippen LogP contribution in [0, 0.1) is 0 Å². The minimum Gasteiger partial charge on any atom is -0.486 e. The molecule has 26 heavy (non-hydrogen) atoms. The first-order chi connectivity index (χ1) is 12.4. The number of ether oxygens (including phenoxy) is 1. The molecule has 5 nitrogen and oxygen atoms in total. The summed E-state index contributed by atoms with van der Waals surface area (Å²) in [5.41, 5.74) is -1.00. The van der Waals surface area contributed by atoms with Crippen LogP contribution in [0.3, 0.4) is 0 Å². The number of hydrogen-bond donors (Lipinski definition) is 1. The second kappa shape index (κ2) is 7.52. The molecule has 0 spiro atoms. The van der Waals surface area contributed by atoms with Crippen LogP contribution in [0.15, 0.2) is 54.6 Å². The van der Waals surface area contributed by atoms with Gasteiger partial charge in [0.2, 0.25) is 5.13 Å². The molecule has 1 amide bonds. The molecule has 0 unspecified atom stereocenters. The van der Waals surface area contributed by atoms with E-state index in [2.05, 4.69) is 15.5 Å². The van der Waals surface area contributed by atoms with Gasteiger partial charge in [-0.3, -0.25) is 10.1 Å². The van der Waals surface area contributed by atoms with Crippen molar-refractivity contribution in [1.82, 2.24) is 10.2 Å². The van der Waals surface area contributed by atoms with Crippen molar-refractivity contribution in [2.75, 3.05) is 5.32 Å². The lowest BCUT2D eigenvalue weighted by Gasteiger charge is -2.08. The van der Waals surface area contributed by atoms with Gasteiger partial charge in [0.05, 0.1) is 5.56 Å². The number of halogens is 3. The van der Waals surface area contributed by atoms with Crippen molar-refractivity contribution in [2.24, 2.45) is 0 Å². The number of benzene rings is 2. The Kier molecular flexibility index (Phi) is 5.17. The summed E-state index contributed by atoms with van der Waals surface area (Å²) in [7, 11) is 0. The van der Waals surface area contributed by atoms with Crippen LogP contribution in [-0.2, 0) is 12.8 Å². The number of carbonyl (C=O) groups excluding carboxylic acids is 1. The summed E-state index contributed by atoms with van der Waals surface area (Å²) in [5, 5.41) is 10.8. The molecule has 0 aliphatic rings. The van der Waals surface area contributed by atoms with Gasteiger partial charge in [-0.15, -0.1) is 10.2 Å². The van der Waals surface area contributed by atoms with Gasteiger partial charge >= 0.3 is 6.18 Å². The Bertz CT molecular complexity index is 898. The second-order valence-electron chi connectivity index (χ2n) is 5.14. The highest BCUT2D eigenvalue weighted by Crippen LogP contribution is 2.29. The fourth-order valence-electron chi connectivity index (χ4n) is 2.03. The van der Waals surface area contributed by atoms with Crippen LogP contribution in [0.5, 0.6) is 5.75 Å². The van der Waals surface area contributed by atoms with Crippen molar-refractivity contribution >= 4 is 22.4 Å². The van der Waals surface area contributed by atoms with Gasteiger partial charge in [-0.1, -0.05) is 35.6 Å². The lowest BCUT2D eigenvalue weighted by Crippen LogP contribution is -2.13. The number of rotatable bonds is 5. The molecular formula is C17H12F3N3O2S. The van der Waals surface area contributed by atoms with Crippen molar-refractivity contribution in [3.8, 4) is 5.75 Å². The lowest BCUT2D eigenvalue weighted by atomic mass is 10.1. The predicted molar refractivity (Wildman–Crippen MR) is 90.1 cm³/mol. The zero-order valence-electron chi connectivity index (χ0n) is 13.2. The average molecular weight is 379 g/mol. The molecule has 9 heteroatoms. The van der Waals surface area contributed by atoms with Crippen LogP contribution in [-0.4, -0.2) is 16.1 Å². The van der Waals surface area contributed by atoms with Gasteiger partial charge in [0.15, 0.2) is 5.01 Å². The minimum absolute atomic E-state index is 0.114. The maximum atomic E-state index is 12.7. The number of para-hydroxylation sites is 1. The molecule has 1 aromatic heterocycles. The van der Waals surface area contributed by atoms with Gasteiger partial charge < -0.3 is 4.74 Å². The molecule has 0 aliphatic carbocycles. The van der Waals surface area contributed by atoms with Crippen LogP contribution >= 0.6 is 11.3 Å². The van der Waals surface area contributed by atoms with Gasteiger partial charge in [-0.2, -0.15) is 13.2 Å². The number of nitrogens with zero attached hydrogens (tertiary/aromatic N) is 2. The summed E-state index contributed by atoms with van der Waals surface area (Å²) >= 11 is 1.08. The fraction of sp³-hybridized carbons (Fsp3) is 0.118. The van der Waals surface area contributed by atoms with Gasteiger partial charge in [-0.05, 0) is 30.3 Å². The summed E-state index contributed by atoms with van der Waals surface area (Å²) < 4.78 is 43.7. The molecule has 0 aliphatic heterocycles. The third kappa shape index (κ3) is 4.57. The van der Waals surface area contributed by atoms with Crippen molar-refractivity contribution in [2.45, 2.75) is 12.8 Å². The van der Waals surface area contributed by atoms with E-state index < -0.39 is 17.6 Å². The third-order valence-electron chi connectivity index (χ3n) is 3.24. The largest absolute Gasteiger partial charge is 0.486 e. The Morgan fingerprint density at radius 3 is 2.58 bits per heavy atom. The third-order valence-corrected chi connectivity index (χ3v) is 4.06. The van der Waals surface area contributed by atoms with E-state index in [9.17, 15) is 18.0 Å². The summed E-state index contributed by atoms with van der Waals surface area (Å²) in [6.07, 6.45) is -4.51. The maximum Gasteiger partial charge on any atom is 0.416 e. The standard InChI is InChI=1S/C17H12F3N3O2S/c18-17(19,20)12-6-4-5-11(9-12)15(24)21-16-23-22-14(26-16)10-25-13-7-2-1-3-8-13/h1-9H,10H2,(H,21,23,24). The van der Waals surface area contributed by atoms with Crippen molar-refractivity contribution in [1.29, 1.82) is 0 Å². The normalized spacial score (nSPS) is 11.2. The Labute approximate surface area is 150 Å². The van der Waals surface area contributed by atoms with Crippen molar-refractivity contribution < 1.29 is 22.7 Å². The van der Waals surface area contributed by atoms with E-state index in [-0.39, 0.29) is 17.3 Å². The number of amides is 1. The van der Waals surface area contributed by atoms with Crippen LogP contribution in [0.25, 0.3) is 0 Å². The predicted octanol–water partition coefficient (Wildman–Crippen LogP) is 4.39. The zero-order chi connectivity index (χ0) is 18.6. The van der Waals surface area contributed by atoms with E-state index >= 15 is 0 Å². The molecule has 0 bridgehead atoms. The van der Waals surface area contributed by atoms with E-state index in [1.165, 1.54) is 12.1 Å². The average Bonchev–Trinajstić information content (AvgIpc) is 3.07. The number of nitrogens with one attached hydrogen (secondary N) is 1. The van der Waals surface area contributed by atoms with Gasteiger partial charge in [0, 0.05) is 5.56 Å². The number of aromatic nitrogens is 2. The SMILES string of the molecule is O=C(Nc1nnc(COc2ccccc2)s1)c1cccc(C(F)(F)F)c1. The molecule has 1 N–H and O–H groups in total. The molecule has 2 aromatic carbocycles. The number of hydrogen-bond acceptors (Lipinski definition) is 5. The lowest BCUT2D eigenvalue weighted by molar-refractivity contribution is -0.137. The molecule has 0 fully saturated rings. The van der Waals surface area contributed by atoms with Gasteiger partial charge in [-0.25, -0.2) is 0 Å². The van der Waals surface area contributed by atoms with Crippen molar-refractivity contribution in [3.05, 3.63) is 70.7 Å². The van der Waals surface area contributed by atoms with Crippen LogP contribution in [0.4, 0.5) is 18.3 Å². The maximum absolute atomic E-state index is 12.7. The minimum atomic E-state index is -4.51. The first-order valence-corrected chi connectivity index (χ1v) is 8.22. The van der Waals surface area contributed by atoms with Gasteiger partial charge in [0.25, 0.3) is 5.91 Å². The highest BCUT2D eigenvalue weighted by Gasteiger charge is 2.30. The quantitative estimate of drug-likeness (QED) is 0.714. The van der Waals surface area contributed by atoms with Crippen LogP contribution < -0.4 is 10.1 Å². The van der Waals surface area contributed by atoms with Crippen molar-refractivity contribution in [3.63, 3.8) is 0 Å². The molecule has 0 radical (unpaired) electrons. The second-order valence-corrected chi connectivity index (χ2v) is 6.20. The highest BCUT2D eigenvalue weighted by molar-refractivity contribution is 7.15. The molecule has 0 atom stereocenters. The first-order valence-electron chi connectivity index (χ1n) is 7.40. The molecule has 3 aromatic rings. The van der Waals surface area contributed by atoms with Crippen LogP contribution in [0.2, 0.25) is 0 Å². The number of anilines is 1. The Morgan fingerprint density at radius 2 is 1.85 bits per heavy atom. The number of alkyl halides is 3. The smallest absolute Gasteiger partial charge is 0.416 e. The fourth-order valence-corrected chi connectivity index (χ4v) is 2.68. The Balaban J connectivity index is 1.63. The van der Waals surface area contributed by atoms with Crippen LogP contribution in [0.1, 0.15) is 20.9 Å². The van der Waals surface area contributed by atoms with E-state index in [0.717, 1.165) is 23.5 Å². The topological polar surface area (TPSA) is 64.1 Å². The summed E-state index contributed by atoms with van der Waals surface area (Å²) in [4.78, 5) is 12.1. The summed E-state index contributed by atoms with van der Waals surface area (Å²) in [5.74, 6) is -0.0278. The molecule has 1 heterocycles. The Morgan fingerprint density at radius 1 is 1.08 bits per heavy atom. The van der Waals surface area contributed by atoms with E-state index in [1.807, 2.05) is 18.2 Å². The van der Waals surface area contributed by atoms with Gasteiger partial charge in [0.1, 0.15) is 12.4 Å². The van der Waals surface area contributed by atoms with E-state index in [1.54, 1.807) is 12.1 Å². The highest BCUT2D eigenvalue weighted by atomic mass is 32.1. The summed E-state index contributed by atoms with van der Waals surface area (Å²) in [6, 6.07) is 13.3. The Hall–Kier alpha value is -2.94. The zero-order valence-corrected chi connectivity index (χ0v) is 14.0. The van der Waals surface area contributed by atoms with E-state index in [0.29, 0.717) is 10.8 Å². The van der Waals surface area contributed by atoms with E-state index in [4.69, 9.17) is 4.74 Å². The number of carbonyl (C=O) groups is 1. The molecule has 134 valence electrons. The molecular weight excluding hydrogens is 367 g/mol. The molecule has 0 saturated heterocycles. The summed E-state index contributed by atoms with van der Waals surface area (Å²) in [6.45, 7) is 0.168. The first kappa shape index (κ1) is 17.9. The molecule has 3 rings (SSSR count). The monoisotopic (exact) mass is 379 g/mol.